The number of ether oxygens (including phenoxy) is 1. The normalized spacial score (nSPS) is 26.1. The van der Waals surface area contributed by atoms with E-state index < -0.39 is 0 Å². The summed E-state index contributed by atoms with van der Waals surface area (Å²) in [5, 5.41) is 0. The summed E-state index contributed by atoms with van der Waals surface area (Å²) in [5.74, 6) is 0.157. The Balaban J connectivity index is 2.36. The number of hydrogen-bond acceptors (Lipinski definition) is 3. The first-order chi connectivity index (χ1) is 7.56. The lowest BCUT2D eigenvalue weighted by Crippen LogP contribution is -2.40. The van der Waals surface area contributed by atoms with Crippen molar-refractivity contribution in [2.45, 2.75) is 58.5 Å². The molecule has 0 aliphatic heterocycles. The second kappa shape index (κ2) is 6.24. The molecule has 0 N–H and O–H groups in total. The molecular formula is C13H25NO2. The van der Waals surface area contributed by atoms with Crippen molar-refractivity contribution in [1.29, 1.82) is 0 Å². The van der Waals surface area contributed by atoms with Crippen LogP contribution in [0.2, 0.25) is 0 Å². The van der Waals surface area contributed by atoms with Crippen LogP contribution in [0.1, 0.15) is 46.5 Å². The summed E-state index contributed by atoms with van der Waals surface area (Å²) in [6, 6.07) is 1.23. The average Bonchev–Trinajstić information content (AvgIpc) is 2.28. The molecule has 0 heterocycles. The highest BCUT2D eigenvalue weighted by atomic mass is 16.5. The van der Waals surface area contributed by atoms with E-state index in [0.29, 0.717) is 18.7 Å². The molecule has 0 bridgehead atoms. The van der Waals surface area contributed by atoms with Gasteiger partial charge in [0.05, 0.1) is 12.5 Å². The summed E-state index contributed by atoms with van der Waals surface area (Å²) in [7, 11) is 2.18. The van der Waals surface area contributed by atoms with Gasteiger partial charge in [-0.05, 0) is 53.5 Å². The van der Waals surface area contributed by atoms with E-state index >= 15 is 0 Å². The van der Waals surface area contributed by atoms with Gasteiger partial charge in [-0.3, -0.25) is 4.79 Å². The Labute approximate surface area is 99.1 Å². The van der Waals surface area contributed by atoms with Crippen molar-refractivity contribution in [3.05, 3.63) is 0 Å². The fourth-order valence-electron chi connectivity index (χ4n) is 2.40. The molecule has 0 spiro atoms. The van der Waals surface area contributed by atoms with Crippen LogP contribution >= 0.6 is 0 Å². The van der Waals surface area contributed by atoms with Crippen LogP contribution < -0.4 is 0 Å². The van der Waals surface area contributed by atoms with Crippen LogP contribution in [-0.4, -0.2) is 36.6 Å². The van der Waals surface area contributed by atoms with Crippen LogP contribution in [0.25, 0.3) is 0 Å². The summed E-state index contributed by atoms with van der Waals surface area (Å²) < 4.78 is 5.07. The first-order valence-corrected chi connectivity index (χ1v) is 6.44. The van der Waals surface area contributed by atoms with E-state index in [4.69, 9.17) is 4.74 Å². The van der Waals surface area contributed by atoms with E-state index in [1.165, 1.54) is 0 Å². The lowest BCUT2D eigenvalue weighted by Gasteiger charge is -2.36. The van der Waals surface area contributed by atoms with Gasteiger partial charge in [-0.15, -0.1) is 0 Å². The minimum atomic E-state index is 0.00755. The van der Waals surface area contributed by atoms with Crippen molar-refractivity contribution in [3.8, 4) is 0 Å². The monoisotopic (exact) mass is 227 g/mol. The molecule has 1 aliphatic rings. The Kier molecular flexibility index (Phi) is 5.26. The number of rotatable bonds is 4. The molecule has 1 saturated carbocycles. The molecule has 3 heteroatoms. The van der Waals surface area contributed by atoms with Crippen LogP contribution in [0.15, 0.2) is 0 Å². The average molecular weight is 227 g/mol. The first kappa shape index (κ1) is 13.5. The molecule has 16 heavy (non-hydrogen) atoms. The molecular weight excluding hydrogens is 202 g/mol. The van der Waals surface area contributed by atoms with E-state index in [2.05, 4.69) is 25.8 Å². The Morgan fingerprint density at radius 1 is 1.31 bits per heavy atom. The maximum absolute atomic E-state index is 11.6. The largest absolute Gasteiger partial charge is 0.466 e. The fourth-order valence-corrected chi connectivity index (χ4v) is 2.40. The van der Waals surface area contributed by atoms with E-state index in [-0.39, 0.29) is 11.9 Å². The minimum absolute atomic E-state index is 0.00755. The lowest BCUT2D eigenvalue weighted by atomic mass is 9.85. The molecule has 3 nitrogen and oxygen atoms in total. The van der Waals surface area contributed by atoms with Crippen molar-refractivity contribution in [2.24, 2.45) is 5.92 Å². The van der Waals surface area contributed by atoms with Gasteiger partial charge in [0.1, 0.15) is 0 Å². The molecule has 0 amide bonds. The first-order valence-electron chi connectivity index (χ1n) is 6.44. The maximum atomic E-state index is 11.6. The highest BCUT2D eigenvalue weighted by Gasteiger charge is 2.29. The molecule has 0 saturated heterocycles. The second-order valence-electron chi connectivity index (χ2n) is 5.02. The highest BCUT2D eigenvalue weighted by molar-refractivity contribution is 5.72. The van der Waals surface area contributed by atoms with Gasteiger partial charge in [-0.2, -0.15) is 0 Å². The third-order valence-electron chi connectivity index (χ3n) is 3.71. The predicted molar refractivity (Wildman–Crippen MR) is 65.3 cm³/mol. The third kappa shape index (κ3) is 3.48. The van der Waals surface area contributed by atoms with Gasteiger partial charge in [-0.25, -0.2) is 0 Å². The van der Waals surface area contributed by atoms with Gasteiger partial charge in [0.15, 0.2) is 0 Å². The molecule has 0 unspecified atom stereocenters. The van der Waals surface area contributed by atoms with Crippen LogP contribution in [-0.2, 0) is 9.53 Å². The van der Waals surface area contributed by atoms with E-state index in [1.807, 2.05) is 6.92 Å². The van der Waals surface area contributed by atoms with Crippen molar-refractivity contribution in [2.75, 3.05) is 13.7 Å². The molecule has 0 aromatic rings. The molecule has 1 aliphatic carbocycles. The minimum Gasteiger partial charge on any atom is -0.466 e. The number of carbonyl (C=O) groups is 1. The molecule has 0 aromatic heterocycles. The standard InChI is InChI=1S/C13H25NO2/c1-5-16-13(15)11-6-8-12(9-7-11)14(4)10(2)3/h10-12H,5-9H2,1-4H3. The Morgan fingerprint density at radius 3 is 2.31 bits per heavy atom. The van der Waals surface area contributed by atoms with E-state index in [0.717, 1.165) is 25.7 Å². The van der Waals surface area contributed by atoms with Gasteiger partial charge in [0.2, 0.25) is 0 Å². The van der Waals surface area contributed by atoms with Gasteiger partial charge < -0.3 is 9.64 Å². The maximum Gasteiger partial charge on any atom is 0.308 e. The molecule has 0 radical (unpaired) electrons. The number of hydrogen-bond donors (Lipinski definition) is 0. The van der Waals surface area contributed by atoms with E-state index in [1.54, 1.807) is 0 Å². The SMILES string of the molecule is CCOC(=O)C1CCC(N(C)C(C)C)CC1. The molecule has 0 aromatic carbocycles. The number of esters is 1. The summed E-state index contributed by atoms with van der Waals surface area (Å²) in [6.45, 7) is 6.82. The smallest absolute Gasteiger partial charge is 0.308 e. The van der Waals surface area contributed by atoms with Crippen molar-refractivity contribution in [3.63, 3.8) is 0 Å². The van der Waals surface area contributed by atoms with Crippen LogP contribution in [0.3, 0.4) is 0 Å². The zero-order chi connectivity index (χ0) is 12.1. The van der Waals surface area contributed by atoms with Crippen LogP contribution in [0.4, 0.5) is 0 Å². The molecule has 94 valence electrons. The summed E-state index contributed by atoms with van der Waals surface area (Å²) in [5.41, 5.74) is 0. The Bertz CT molecular complexity index is 220. The summed E-state index contributed by atoms with van der Waals surface area (Å²) in [6.07, 6.45) is 4.22. The molecule has 1 rings (SSSR count). The molecule has 0 atom stereocenters. The Morgan fingerprint density at radius 2 is 1.88 bits per heavy atom. The molecule has 1 fully saturated rings. The van der Waals surface area contributed by atoms with E-state index in [9.17, 15) is 4.79 Å². The highest BCUT2D eigenvalue weighted by Crippen LogP contribution is 2.28. The summed E-state index contributed by atoms with van der Waals surface area (Å²) in [4.78, 5) is 14.0. The topological polar surface area (TPSA) is 29.5 Å². The Hall–Kier alpha value is -0.570. The summed E-state index contributed by atoms with van der Waals surface area (Å²) >= 11 is 0. The van der Waals surface area contributed by atoms with Gasteiger partial charge in [-0.1, -0.05) is 0 Å². The zero-order valence-corrected chi connectivity index (χ0v) is 11.0. The predicted octanol–water partition coefficient (Wildman–Crippen LogP) is 2.45. The lowest BCUT2D eigenvalue weighted by molar-refractivity contribution is -0.149. The van der Waals surface area contributed by atoms with Gasteiger partial charge >= 0.3 is 5.97 Å². The second-order valence-corrected chi connectivity index (χ2v) is 5.02. The van der Waals surface area contributed by atoms with Crippen LogP contribution in [0.5, 0.6) is 0 Å². The van der Waals surface area contributed by atoms with Crippen molar-refractivity contribution >= 4 is 5.97 Å². The number of carbonyl (C=O) groups excluding carboxylic acids is 1. The fraction of sp³-hybridized carbons (Fsp3) is 0.923. The third-order valence-corrected chi connectivity index (χ3v) is 3.71. The van der Waals surface area contributed by atoms with Crippen LogP contribution in [0, 0.1) is 5.92 Å². The quantitative estimate of drug-likeness (QED) is 0.691. The van der Waals surface area contributed by atoms with Crippen molar-refractivity contribution in [1.82, 2.24) is 4.90 Å². The zero-order valence-electron chi connectivity index (χ0n) is 11.0. The van der Waals surface area contributed by atoms with Gasteiger partial charge in [0, 0.05) is 12.1 Å². The number of nitrogens with zero attached hydrogens (tertiary/aromatic N) is 1. The van der Waals surface area contributed by atoms with Crippen molar-refractivity contribution < 1.29 is 9.53 Å². The van der Waals surface area contributed by atoms with Gasteiger partial charge in [0.25, 0.3) is 0 Å².